The number of nitrogens with one attached hydrogen (secondary N) is 1. The van der Waals surface area contributed by atoms with Gasteiger partial charge in [0.15, 0.2) is 9.84 Å². The van der Waals surface area contributed by atoms with E-state index in [1.54, 1.807) is 19.1 Å². The van der Waals surface area contributed by atoms with Gasteiger partial charge in [0.05, 0.1) is 10.9 Å². The zero-order chi connectivity index (χ0) is 18.6. The molecule has 0 aliphatic carbocycles. The van der Waals surface area contributed by atoms with Gasteiger partial charge in [0.25, 0.3) is 5.91 Å². The first-order valence-corrected chi connectivity index (χ1v) is 9.21. The van der Waals surface area contributed by atoms with Crippen molar-refractivity contribution in [3.8, 4) is 5.75 Å². The summed E-state index contributed by atoms with van der Waals surface area (Å²) in [6, 6.07) is 11.2. The second-order valence-electron chi connectivity index (χ2n) is 5.44. The van der Waals surface area contributed by atoms with Crippen molar-refractivity contribution in [2.24, 2.45) is 0 Å². The second-order valence-corrected chi connectivity index (χ2v) is 7.46. The Hall–Kier alpha value is -2.48. The first kappa shape index (κ1) is 18.9. The zero-order valence-electron chi connectivity index (χ0n) is 13.6. The number of amides is 1. The molecule has 2 aromatic carbocycles. The number of alkyl halides is 2. The Bertz CT molecular complexity index is 851. The van der Waals surface area contributed by atoms with E-state index in [9.17, 15) is 22.0 Å². The second kappa shape index (κ2) is 7.60. The molecule has 2 aromatic rings. The van der Waals surface area contributed by atoms with Crippen LogP contribution in [0.1, 0.15) is 28.9 Å². The lowest BCUT2D eigenvalue weighted by molar-refractivity contribution is -0.0498. The lowest BCUT2D eigenvalue weighted by Crippen LogP contribution is -2.26. The summed E-state index contributed by atoms with van der Waals surface area (Å²) in [6.45, 7) is -1.17. The molecule has 8 heteroatoms. The van der Waals surface area contributed by atoms with E-state index < -0.39 is 28.4 Å². The summed E-state index contributed by atoms with van der Waals surface area (Å²) in [6.07, 6.45) is 1.07. The predicted octanol–water partition coefficient (Wildman–Crippen LogP) is 3.18. The van der Waals surface area contributed by atoms with E-state index in [0.29, 0.717) is 5.56 Å². The summed E-state index contributed by atoms with van der Waals surface area (Å²) in [5.41, 5.74) is 0.904. The van der Waals surface area contributed by atoms with Crippen molar-refractivity contribution in [1.29, 1.82) is 0 Å². The number of benzene rings is 2. The van der Waals surface area contributed by atoms with Crippen LogP contribution >= 0.6 is 0 Å². The van der Waals surface area contributed by atoms with Crippen LogP contribution in [-0.2, 0) is 9.84 Å². The molecule has 2 rings (SSSR count). The number of ether oxygens (including phenoxy) is 1. The Morgan fingerprint density at radius 1 is 1.12 bits per heavy atom. The number of halogens is 2. The summed E-state index contributed by atoms with van der Waals surface area (Å²) in [7, 11) is -3.41. The molecule has 0 aliphatic rings. The maximum Gasteiger partial charge on any atom is 0.387 e. The minimum absolute atomic E-state index is 0.0260. The van der Waals surface area contributed by atoms with E-state index in [4.69, 9.17) is 0 Å². The molecule has 0 saturated carbocycles. The third-order valence-corrected chi connectivity index (χ3v) is 4.59. The average molecular weight is 369 g/mol. The SMILES string of the molecule is C[C@@H](NC(=O)c1cccc(S(C)(=O)=O)c1)c1ccc(OC(F)F)cc1. The van der Waals surface area contributed by atoms with Crippen LogP contribution in [0, 0.1) is 0 Å². The molecule has 0 saturated heterocycles. The normalized spacial score (nSPS) is 12.7. The molecule has 134 valence electrons. The average Bonchev–Trinajstić information content (AvgIpc) is 2.54. The monoisotopic (exact) mass is 369 g/mol. The van der Waals surface area contributed by atoms with Crippen LogP contribution < -0.4 is 10.1 Å². The highest BCUT2D eigenvalue weighted by molar-refractivity contribution is 7.90. The Morgan fingerprint density at radius 3 is 2.32 bits per heavy atom. The van der Waals surface area contributed by atoms with Crippen LogP contribution in [-0.4, -0.2) is 27.2 Å². The molecule has 0 unspecified atom stereocenters. The summed E-state index contributed by atoms with van der Waals surface area (Å²) >= 11 is 0. The Labute approximate surface area is 144 Å². The van der Waals surface area contributed by atoms with E-state index in [1.165, 1.54) is 36.4 Å². The molecule has 0 aromatic heterocycles. The first-order valence-electron chi connectivity index (χ1n) is 7.32. The van der Waals surface area contributed by atoms with E-state index in [-0.39, 0.29) is 16.2 Å². The molecule has 0 fully saturated rings. The number of rotatable bonds is 6. The van der Waals surface area contributed by atoms with Crippen LogP contribution in [0.4, 0.5) is 8.78 Å². The van der Waals surface area contributed by atoms with Gasteiger partial charge in [0, 0.05) is 11.8 Å². The van der Waals surface area contributed by atoms with Crippen LogP contribution in [0.5, 0.6) is 5.75 Å². The van der Waals surface area contributed by atoms with Crippen molar-refractivity contribution < 1.29 is 26.7 Å². The fraction of sp³-hybridized carbons (Fsp3) is 0.235. The number of sulfone groups is 1. The fourth-order valence-electron chi connectivity index (χ4n) is 2.17. The number of hydrogen-bond acceptors (Lipinski definition) is 4. The van der Waals surface area contributed by atoms with Gasteiger partial charge in [-0.25, -0.2) is 8.42 Å². The summed E-state index contributed by atoms with van der Waals surface area (Å²) in [4.78, 5) is 12.3. The lowest BCUT2D eigenvalue weighted by Gasteiger charge is -2.15. The Morgan fingerprint density at radius 2 is 1.76 bits per heavy atom. The standard InChI is InChI=1S/C17H17F2NO4S/c1-11(12-6-8-14(9-7-12)24-17(18)19)20-16(21)13-4-3-5-15(10-13)25(2,22)23/h3-11,17H,1-2H3,(H,20,21)/t11-/m1/s1. The Kier molecular flexibility index (Phi) is 5.73. The van der Waals surface area contributed by atoms with Crippen LogP contribution in [0.15, 0.2) is 53.4 Å². The molecular formula is C17H17F2NO4S. The van der Waals surface area contributed by atoms with Gasteiger partial charge >= 0.3 is 6.61 Å². The molecule has 1 N–H and O–H groups in total. The maximum atomic E-state index is 12.3. The molecular weight excluding hydrogens is 352 g/mol. The fourth-order valence-corrected chi connectivity index (χ4v) is 2.84. The van der Waals surface area contributed by atoms with Crippen LogP contribution in [0.3, 0.4) is 0 Å². The van der Waals surface area contributed by atoms with Crippen molar-refractivity contribution in [3.63, 3.8) is 0 Å². The van der Waals surface area contributed by atoms with Gasteiger partial charge in [-0.15, -0.1) is 0 Å². The predicted molar refractivity (Wildman–Crippen MR) is 88.5 cm³/mol. The van der Waals surface area contributed by atoms with Crippen LogP contribution in [0.25, 0.3) is 0 Å². The molecule has 25 heavy (non-hydrogen) atoms. The highest BCUT2D eigenvalue weighted by atomic mass is 32.2. The van der Waals surface area contributed by atoms with Crippen molar-refractivity contribution in [2.45, 2.75) is 24.5 Å². The van der Waals surface area contributed by atoms with Gasteiger partial charge in [-0.05, 0) is 42.8 Å². The molecule has 0 bridgehead atoms. The highest BCUT2D eigenvalue weighted by Crippen LogP contribution is 2.20. The summed E-state index contributed by atoms with van der Waals surface area (Å²) in [5, 5.41) is 2.73. The maximum absolute atomic E-state index is 12.3. The summed E-state index contributed by atoms with van der Waals surface area (Å²) in [5.74, 6) is -0.413. The molecule has 0 radical (unpaired) electrons. The van der Waals surface area contributed by atoms with Gasteiger partial charge in [-0.2, -0.15) is 8.78 Å². The minimum Gasteiger partial charge on any atom is -0.435 e. The quantitative estimate of drug-likeness (QED) is 0.849. The van der Waals surface area contributed by atoms with Gasteiger partial charge in [-0.3, -0.25) is 4.79 Å². The van der Waals surface area contributed by atoms with E-state index >= 15 is 0 Å². The van der Waals surface area contributed by atoms with E-state index in [1.807, 2.05) is 0 Å². The third-order valence-electron chi connectivity index (χ3n) is 3.48. The van der Waals surface area contributed by atoms with Crippen molar-refractivity contribution in [3.05, 3.63) is 59.7 Å². The Balaban J connectivity index is 2.10. The highest BCUT2D eigenvalue weighted by Gasteiger charge is 2.15. The largest absolute Gasteiger partial charge is 0.435 e. The first-order chi connectivity index (χ1) is 11.7. The van der Waals surface area contributed by atoms with E-state index in [0.717, 1.165) is 6.26 Å². The van der Waals surface area contributed by atoms with Crippen molar-refractivity contribution >= 4 is 15.7 Å². The smallest absolute Gasteiger partial charge is 0.387 e. The van der Waals surface area contributed by atoms with Crippen molar-refractivity contribution in [2.75, 3.05) is 6.26 Å². The van der Waals surface area contributed by atoms with Gasteiger partial charge in [0.2, 0.25) is 0 Å². The minimum atomic E-state index is -3.41. The van der Waals surface area contributed by atoms with Crippen molar-refractivity contribution in [1.82, 2.24) is 5.32 Å². The van der Waals surface area contributed by atoms with Gasteiger partial charge < -0.3 is 10.1 Å². The molecule has 0 aliphatic heterocycles. The zero-order valence-corrected chi connectivity index (χ0v) is 14.4. The molecule has 5 nitrogen and oxygen atoms in total. The summed E-state index contributed by atoms with van der Waals surface area (Å²) < 4.78 is 51.7. The van der Waals surface area contributed by atoms with Gasteiger partial charge in [-0.1, -0.05) is 18.2 Å². The molecule has 1 atom stereocenters. The number of hydrogen-bond donors (Lipinski definition) is 1. The van der Waals surface area contributed by atoms with E-state index in [2.05, 4.69) is 10.1 Å². The molecule has 1 amide bonds. The van der Waals surface area contributed by atoms with Crippen LogP contribution in [0.2, 0.25) is 0 Å². The number of carbonyl (C=O) groups excluding carboxylic acids is 1. The van der Waals surface area contributed by atoms with Gasteiger partial charge in [0.1, 0.15) is 5.75 Å². The lowest BCUT2D eigenvalue weighted by atomic mass is 10.1. The third kappa shape index (κ3) is 5.25. The topological polar surface area (TPSA) is 72.5 Å². The molecule has 0 spiro atoms. The number of carbonyl (C=O) groups is 1. The molecule has 0 heterocycles.